The fourth-order valence-electron chi connectivity index (χ4n) is 10.3. The van der Waals surface area contributed by atoms with E-state index in [4.69, 9.17) is 48.0 Å². The van der Waals surface area contributed by atoms with Crippen molar-refractivity contribution in [1.29, 1.82) is 16.2 Å². The normalized spacial score (nSPS) is 10.6. The number of hydrogen-bond donors (Lipinski definition) is 12. The number of hydrogen-bond acceptors (Lipinski definition) is 16. The average molecular weight is 1250 g/mol. The third-order valence-corrected chi connectivity index (χ3v) is 14.5. The lowest BCUT2D eigenvalue weighted by Gasteiger charge is -2.12. The van der Waals surface area contributed by atoms with Gasteiger partial charge in [-0.15, -0.1) is 0 Å². The maximum Gasteiger partial charge on any atom is 0.337 e. The number of carbonyl (C=O) groups is 5. The molecule has 0 aliphatic carbocycles. The van der Waals surface area contributed by atoms with Gasteiger partial charge in [0.25, 0.3) is 0 Å². The number of nitrogens with zero attached hydrogens (tertiary/aromatic N) is 6. The van der Waals surface area contributed by atoms with E-state index in [-0.39, 0.29) is 60.5 Å². The molecular weight excluding hydrogens is 1180 g/mol. The Morgan fingerprint density at radius 1 is 0.473 bits per heavy atom. The molecule has 0 bridgehead atoms. The molecule has 25 nitrogen and oxygen atoms in total. The monoisotopic (exact) mass is 1250 g/mol. The topological polar surface area (TPSA) is 387 Å². The quantitative estimate of drug-likeness (QED) is 0.0161. The Balaban J connectivity index is 0.000000166. The van der Waals surface area contributed by atoms with Gasteiger partial charge in [-0.05, 0) is 109 Å². The highest BCUT2D eigenvalue weighted by molar-refractivity contribution is 6.10. The van der Waals surface area contributed by atoms with Gasteiger partial charge in [0.05, 0.1) is 58.5 Å². The first-order valence-electron chi connectivity index (χ1n) is 29.0. The number of fused-ring (bicyclic) bond motifs is 3. The Morgan fingerprint density at radius 2 is 0.828 bits per heavy atom. The number of amidine groups is 3. The zero-order valence-corrected chi connectivity index (χ0v) is 50.6. The van der Waals surface area contributed by atoms with E-state index in [9.17, 15) is 24.0 Å². The summed E-state index contributed by atoms with van der Waals surface area (Å²) in [6.45, 7) is 3.72. The molecule has 2 amide bonds. The summed E-state index contributed by atoms with van der Waals surface area (Å²) < 4.78 is 15.1. The molecule has 0 unspecified atom stereocenters. The van der Waals surface area contributed by atoms with Crippen molar-refractivity contribution in [1.82, 2.24) is 28.7 Å². The van der Waals surface area contributed by atoms with Crippen LogP contribution >= 0.6 is 0 Å². The van der Waals surface area contributed by atoms with E-state index in [0.29, 0.717) is 59.9 Å². The van der Waals surface area contributed by atoms with E-state index < -0.39 is 11.9 Å². The fourth-order valence-corrected chi connectivity index (χ4v) is 10.3. The van der Waals surface area contributed by atoms with Gasteiger partial charge in [-0.2, -0.15) is 0 Å². The predicted molar refractivity (Wildman–Crippen MR) is 359 cm³/mol. The van der Waals surface area contributed by atoms with Crippen molar-refractivity contribution in [2.75, 3.05) is 40.3 Å². The number of aromatic carboxylic acids is 1. The summed E-state index contributed by atoms with van der Waals surface area (Å²) in [5, 5.41) is 50.8. The van der Waals surface area contributed by atoms with Gasteiger partial charge in [-0.25, -0.2) is 9.59 Å². The average Bonchev–Trinajstić information content (AvgIpc) is 1.68. The molecule has 472 valence electrons. The molecule has 11 rings (SSSR count). The number of rotatable bonds is 23. The van der Waals surface area contributed by atoms with E-state index in [0.717, 1.165) is 66.5 Å². The van der Waals surface area contributed by atoms with Crippen LogP contribution in [-0.2, 0) is 63.1 Å². The molecule has 0 aliphatic rings. The number of ether oxygens (including phenoxy) is 2. The van der Waals surface area contributed by atoms with E-state index in [1.807, 2.05) is 91.0 Å². The van der Waals surface area contributed by atoms with Crippen LogP contribution in [0.1, 0.15) is 61.0 Å². The summed E-state index contributed by atoms with van der Waals surface area (Å²) >= 11 is 0. The Kier molecular flexibility index (Phi) is 21.2. The lowest BCUT2D eigenvalue weighted by molar-refractivity contribution is -0.143. The fraction of sp³-hybridized carbons (Fsp3) is 0.132. The first-order valence-corrected chi connectivity index (χ1v) is 29.0. The third kappa shape index (κ3) is 16.5. The smallest absolute Gasteiger partial charge is 0.337 e. The number of methoxy groups -OCH3 is 1. The number of carbonyl (C=O) groups excluding carboxylic acids is 4. The number of nitrogens with one attached hydrogen (secondary N) is 8. The first-order chi connectivity index (χ1) is 45.0. The number of nitrogen functional groups attached to an aromatic ring is 3. The second kappa shape index (κ2) is 30.5. The van der Waals surface area contributed by atoms with Crippen molar-refractivity contribution in [2.45, 2.75) is 46.2 Å². The van der Waals surface area contributed by atoms with Gasteiger partial charge >= 0.3 is 17.9 Å². The minimum absolute atomic E-state index is 0.00559. The highest BCUT2D eigenvalue weighted by Gasteiger charge is 2.20. The minimum Gasteiger partial charge on any atom is -0.478 e. The van der Waals surface area contributed by atoms with E-state index in [1.165, 1.54) is 19.2 Å². The van der Waals surface area contributed by atoms with Gasteiger partial charge in [0.1, 0.15) is 37.1 Å². The maximum atomic E-state index is 12.8. The molecule has 5 aromatic carbocycles. The summed E-state index contributed by atoms with van der Waals surface area (Å²) in [4.78, 5) is 72.5. The van der Waals surface area contributed by atoms with Crippen LogP contribution in [0.15, 0.2) is 195 Å². The summed E-state index contributed by atoms with van der Waals surface area (Å²) in [5.74, 6) is -2.53. The van der Waals surface area contributed by atoms with E-state index in [2.05, 4.69) is 41.5 Å². The number of benzene rings is 5. The van der Waals surface area contributed by atoms with Gasteiger partial charge in [0.2, 0.25) is 11.8 Å². The number of carboxylic acids is 1. The van der Waals surface area contributed by atoms with Crippen LogP contribution in [0.4, 0.5) is 28.4 Å². The lowest BCUT2D eigenvalue weighted by atomic mass is 10.1. The number of nitrogens with two attached hydrogens (primary N) is 3. The molecule has 11 aromatic rings. The molecule has 0 spiro atoms. The summed E-state index contributed by atoms with van der Waals surface area (Å²) in [5.41, 5.74) is 28.6. The zero-order chi connectivity index (χ0) is 66.0. The van der Waals surface area contributed by atoms with Crippen molar-refractivity contribution in [2.24, 2.45) is 17.2 Å². The predicted octanol–water partition coefficient (Wildman–Crippen LogP) is 9.12. The van der Waals surface area contributed by atoms with Crippen LogP contribution in [0, 0.1) is 16.2 Å². The standard InChI is InChI=1S/C25H24N6O3.C24H22N6O3.C19H21N5O2/c1-34-25(33)16-7-9-18(10-8-16)30-22(32)15-31-14-21(24(26)27)20-6-2-4-17(23(20)31)12-29-19-5-3-11-28-13-19;25-23(26)20-13-30(14-21(31)29-17-8-6-15(7-9-17)24(32)33)22-16(3-1-5-19(20)22)11-28-18-4-2-10-27-12-18;1-2-26-17(25)12-24-11-16(19(20)21)15-7-3-5-13(18(15)24)9-23-14-6-4-8-22-10-14/h2-11,13-14,29H,12,15H2,1H3,(H3,26,27)(H,30,32);1-10,12-13,28H,11,14H2,(H3,25,26)(H,29,31)(H,32,33);3-8,10-11,23H,2,9,12H2,1H3,(H3,20,21). The second-order valence-electron chi connectivity index (χ2n) is 20.8. The van der Waals surface area contributed by atoms with Crippen molar-refractivity contribution < 1.29 is 38.6 Å². The highest BCUT2D eigenvalue weighted by Crippen LogP contribution is 2.29. The van der Waals surface area contributed by atoms with E-state index in [1.54, 1.807) is 113 Å². The zero-order valence-electron chi connectivity index (χ0n) is 50.6. The molecule has 0 saturated carbocycles. The van der Waals surface area contributed by atoms with Gasteiger partial charge in [0, 0.05) is 120 Å². The van der Waals surface area contributed by atoms with Crippen molar-refractivity contribution in [3.63, 3.8) is 0 Å². The maximum absolute atomic E-state index is 12.8. The SMILES string of the molecule is CCOC(=O)Cn1cc(C(=N)N)c2cccc(CNc3cccnc3)c21.COC(=O)c1ccc(NC(=O)Cn2cc(C(=N)N)c3cccc(CNc4cccnc4)c32)cc1.N=C(N)c1cn(CC(=O)Nc2ccc(C(=O)O)cc2)c2c(CNc3cccnc3)cccc12. The number of esters is 2. The van der Waals surface area contributed by atoms with E-state index >= 15 is 0 Å². The van der Waals surface area contributed by atoms with Crippen molar-refractivity contribution >= 4 is 108 Å². The molecule has 0 atom stereocenters. The van der Waals surface area contributed by atoms with Gasteiger partial charge in [-0.3, -0.25) is 45.6 Å². The first kappa shape index (κ1) is 64.8. The van der Waals surface area contributed by atoms with Crippen LogP contribution in [0.2, 0.25) is 0 Å². The molecule has 25 heteroatoms. The number of aromatic nitrogens is 6. The third-order valence-electron chi connectivity index (χ3n) is 14.5. The lowest BCUT2D eigenvalue weighted by Crippen LogP contribution is -2.19. The number of carboxylic acid groups (broad SMARTS) is 1. The van der Waals surface area contributed by atoms with Gasteiger partial charge in [-0.1, -0.05) is 54.6 Å². The molecule has 0 fully saturated rings. The molecule has 15 N–H and O–H groups in total. The Bertz CT molecular complexity index is 4510. The Hall–Kier alpha value is -12.7. The molecule has 0 radical (unpaired) electrons. The molecular formula is C68H67N17O8. The van der Waals surface area contributed by atoms with Crippen molar-refractivity contribution in [3.8, 4) is 0 Å². The van der Waals surface area contributed by atoms with Crippen LogP contribution in [0.3, 0.4) is 0 Å². The molecule has 93 heavy (non-hydrogen) atoms. The highest BCUT2D eigenvalue weighted by atomic mass is 16.5. The second-order valence-corrected chi connectivity index (χ2v) is 20.8. The molecule has 0 aliphatic heterocycles. The van der Waals surface area contributed by atoms with Crippen molar-refractivity contribution in [3.05, 3.63) is 240 Å². The van der Waals surface area contributed by atoms with Crippen LogP contribution in [-0.4, -0.2) is 94.7 Å². The number of amides is 2. The van der Waals surface area contributed by atoms with Crippen LogP contribution < -0.4 is 43.8 Å². The molecule has 6 heterocycles. The van der Waals surface area contributed by atoms with Crippen LogP contribution in [0.25, 0.3) is 32.7 Å². The number of pyridine rings is 3. The summed E-state index contributed by atoms with van der Waals surface area (Å²) in [6, 6.07) is 41.0. The minimum atomic E-state index is -1.03. The van der Waals surface area contributed by atoms with Gasteiger partial charge < -0.3 is 72.1 Å². The Labute approximate surface area is 533 Å². The largest absolute Gasteiger partial charge is 0.478 e. The van der Waals surface area contributed by atoms with Gasteiger partial charge in [0.15, 0.2) is 0 Å². The van der Waals surface area contributed by atoms with Crippen LogP contribution in [0.5, 0.6) is 0 Å². The number of anilines is 5. The summed E-state index contributed by atoms with van der Waals surface area (Å²) in [7, 11) is 1.31. The number of para-hydroxylation sites is 3. The molecule has 6 aromatic heterocycles. The Morgan fingerprint density at radius 3 is 1.14 bits per heavy atom. The molecule has 0 saturated heterocycles. The summed E-state index contributed by atoms with van der Waals surface area (Å²) in [6.07, 6.45) is 15.5.